The number of amides is 1. The molecule has 40 heavy (non-hydrogen) atoms. The van der Waals surface area contributed by atoms with Crippen LogP contribution in [0.25, 0.3) is 16.9 Å². The number of Topliss-reactive ketones (excluding diaryl/α,β-unsaturated/α-hetero) is 2. The minimum absolute atomic E-state index is 0.0655. The molecular formula is C29H30N2O9. The van der Waals surface area contributed by atoms with Crippen molar-refractivity contribution in [2.45, 2.75) is 30.6 Å². The molecule has 0 spiro atoms. The maximum absolute atomic E-state index is 14.1. The van der Waals surface area contributed by atoms with Crippen LogP contribution >= 0.6 is 0 Å². The number of hydrogen-bond donors (Lipinski definition) is 6. The number of methoxy groups -OCH3 is 1. The maximum Gasteiger partial charge on any atom is 0.255 e. The Hall–Kier alpha value is -4.19. The van der Waals surface area contributed by atoms with Crippen LogP contribution in [-0.2, 0) is 14.4 Å². The molecule has 1 amide bonds. The third kappa shape index (κ3) is 3.44. The zero-order valence-corrected chi connectivity index (χ0v) is 22.2. The highest BCUT2D eigenvalue weighted by atomic mass is 16.5. The summed E-state index contributed by atoms with van der Waals surface area (Å²) in [5, 5.41) is 57.2. The molecule has 6 atom stereocenters. The first-order chi connectivity index (χ1) is 18.8. The van der Waals surface area contributed by atoms with Gasteiger partial charge < -0.3 is 36.0 Å². The Labute approximate surface area is 229 Å². The monoisotopic (exact) mass is 550 g/mol. The van der Waals surface area contributed by atoms with E-state index in [4.69, 9.17) is 10.5 Å². The van der Waals surface area contributed by atoms with E-state index in [-0.39, 0.29) is 11.3 Å². The second kappa shape index (κ2) is 9.19. The second-order valence-electron chi connectivity index (χ2n) is 10.7. The van der Waals surface area contributed by atoms with Gasteiger partial charge in [-0.3, -0.25) is 19.3 Å². The van der Waals surface area contributed by atoms with Gasteiger partial charge in [-0.25, -0.2) is 0 Å². The molecule has 5 rings (SSSR count). The van der Waals surface area contributed by atoms with Gasteiger partial charge in [-0.1, -0.05) is 31.2 Å². The van der Waals surface area contributed by atoms with Crippen LogP contribution < -0.4 is 10.5 Å². The Morgan fingerprint density at radius 1 is 1.05 bits per heavy atom. The number of phenolic OH excluding ortho intramolecular Hbond substituents is 1. The Morgan fingerprint density at radius 3 is 2.23 bits per heavy atom. The van der Waals surface area contributed by atoms with Crippen molar-refractivity contribution < 1.29 is 44.7 Å². The van der Waals surface area contributed by atoms with Gasteiger partial charge >= 0.3 is 0 Å². The Kier molecular flexibility index (Phi) is 6.29. The van der Waals surface area contributed by atoms with E-state index in [1.165, 1.54) is 26.1 Å². The molecule has 3 aliphatic carbocycles. The lowest BCUT2D eigenvalue weighted by atomic mass is 9.54. The number of aliphatic hydroxyl groups is 4. The SMILES string of the molecule is COc1ccc(-c2ccc3c(c2O)C(O)=C2C(=O)[C@]4(O)C(O)=C(C(N)=O)C(=O)[C@@H](N(C)C)[C@@H]4[C@@H](O)[C@@H]2C3C)cc1. The number of nitrogens with zero attached hydrogens (tertiary/aromatic N) is 1. The average molecular weight is 551 g/mol. The van der Waals surface area contributed by atoms with Gasteiger partial charge in [-0.15, -0.1) is 0 Å². The van der Waals surface area contributed by atoms with Crippen molar-refractivity contribution >= 4 is 23.2 Å². The summed E-state index contributed by atoms with van der Waals surface area (Å²) in [4.78, 5) is 40.8. The van der Waals surface area contributed by atoms with E-state index in [2.05, 4.69) is 0 Å². The number of primary amides is 1. The van der Waals surface area contributed by atoms with Gasteiger partial charge in [-0.05, 0) is 43.3 Å². The van der Waals surface area contributed by atoms with Crippen molar-refractivity contribution in [2.24, 2.45) is 17.6 Å². The van der Waals surface area contributed by atoms with Crippen LogP contribution in [0.5, 0.6) is 11.5 Å². The molecule has 1 unspecified atom stereocenters. The summed E-state index contributed by atoms with van der Waals surface area (Å²) in [6.45, 7) is 1.68. The molecule has 11 nitrogen and oxygen atoms in total. The van der Waals surface area contributed by atoms with Crippen molar-refractivity contribution in [3.05, 3.63) is 64.4 Å². The fraction of sp³-hybridized carbons (Fsp3) is 0.345. The van der Waals surface area contributed by atoms with Crippen LogP contribution in [0.3, 0.4) is 0 Å². The smallest absolute Gasteiger partial charge is 0.255 e. The molecule has 0 bridgehead atoms. The number of fused-ring (bicyclic) bond motifs is 3. The predicted molar refractivity (Wildman–Crippen MR) is 142 cm³/mol. The molecule has 7 N–H and O–H groups in total. The normalized spacial score (nSPS) is 29.7. The van der Waals surface area contributed by atoms with Gasteiger partial charge in [0.05, 0.1) is 30.7 Å². The topological polar surface area (TPSA) is 191 Å². The van der Waals surface area contributed by atoms with Gasteiger partial charge in [0.25, 0.3) is 5.91 Å². The summed E-state index contributed by atoms with van der Waals surface area (Å²) in [6.07, 6.45) is -1.64. The molecule has 3 aliphatic rings. The number of likely N-dealkylation sites (N-methyl/N-ethyl adjacent to an activating group) is 1. The third-order valence-corrected chi connectivity index (χ3v) is 8.53. The summed E-state index contributed by atoms with van der Waals surface area (Å²) in [6, 6.07) is 8.72. The molecule has 11 heteroatoms. The molecule has 0 aromatic heterocycles. The van der Waals surface area contributed by atoms with E-state index in [0.29, 0.717) is 22.4 Å². The van der Waals surface area contributed by atoms with Gasteiger partial charge in [0, 0.05) is 17.1 Å². The first-order valence-electron chi connectivity index (χ1n) is 12.6. The predicted octanol–water partition coefficient (Wildman–Crippen LogP) is 1.17. The minimum Gasteiger partial charge on any atom is -0.508 e. The number of rotatable bonds is 4. The van der Waals surface area contributed by atoms with Crippen molar-refractivity contribution in [2.75, 3.05) is 21.2 Å². The quantitative estimate of drug-likeness (QED) is 0.301. The number of benzene rings is 2. The van der Waals surface area contributed by atoms with Crippen molar-refractivity contribution in [3.63, 3.8) is 0 Å². The van der Waals surface area contributed by atoms with Crippen LogP contribution in [0.2, 0.25) is 0 Å². The fourth-order valence-corrected chi connectivity index (χ4v) is 6.62. The molecule has 210 valence electrons. The number of carbonyl (C=O) groups is 3. The number of aliphatic hydroxyl groups excluding tert-OH is 3. The van der Waals surface area contributed by atoms with E-state index in [9.17, 15) is 39.9 Å². The highest BCUT2D eigenvalue weighted by Crippen LogP contribution is 2.56. The van der Waals surface area contributed by atoms with Crippen LogP contribution in [0, 0.1) is 11.8 Å². The lowest BCUT2D eigenvalue weighted by Crippen LogP contribution is -2.70. The zero-order chi connectivity index (χ0) is 29.4. The summed E-state index contributed by atoms with van der Waals surface area (Å²) in [5.41, 5.74) is 2.30. The average Bonchev–Trinajstić information content (AvgIpc) is 2.90. The molecule has 2 aromatic rings. The standard InChI is InChI=1S/C29H30N2O9/c1-11-14-9-10-15(12-5-7-13(40-4)8-6-12)22(32)17(14)23(33)18-16(11)24(34)20-21(31(2)3)25(35)19(28(30)38)27(37)29(20,39)26(18)36/h5-11,16,20-21,24,32-34,37,39H,1-4H3,(H2,30,38)/t11?,16-,20-,21+,24+,29+/m1/s1. The minimum atomic E-state index is -2.95. The summed E-state index contributed by atoms with van der Waals surface area (Å²) in [7, 11) is 4.44. The Morgan fingerprint density at radius 2 is 1.68 bits per heavy atom. The molecule has 0 aliphatic heterocycles. The van der Waals surface area contributed by atoms with Gasteiger partial charge in [-0.2, -0.15) is 0 Å². The number of aromatic hydroxyl groups is 1. The van der Waals surface area contributed by atoms with Crippen LogP contribution in [0.15, 0.2) is 53.3 Å². The molecule has 0 heterocycles. The first-order valence-corrected chi connectivity index (χ1v) is 12.6. The number of ether oxygens (including phenoxy) is 1. The van der Waals surface area contributed by atoms with Gasteiger partial charge in [0.2, 0.25) is 5.78 Å². The Balaban J connectivity index is 1.76. The number of nitrogens with two attached hydrogens (primary N) is 1. The second-order valence-corrected chi connectivity index (χ2v) is 10.7. The molecule has 0 radical (unpaired) electrons. The highest BCUT2D eigenvalue weighted by Gasteiger charge is 2.68. The molecule has 1 saturated carbocycles. The molecular weight excluding hydrogens is 520 g/mol. The zero-order valence-electron chi connectivity index (χ0n) is 22.2. The van der Waals surface area contributed by atoms with Crippen LogP contribution in [-0.4, -0.2) is 86.9 Å². The highest BCUT2D eigenvalue weighted by molar-refractivity contribution is 6.24. The van der Waals surface area contributed by atoms with Gasteiger partial charge in [0.15, 0.2) is 11.4 Å². The number of ketones is 2. The van der Waals surface area contributed by atoms with Crippen LogP contribution in [0.1, 0.15) is 24.0 Å². The van der Waals surface area contributed by atoms with E-state index in [1.807, 2.05) is 0 Å². The number of phenols is 1. The van der Waals surface area contributed by atoms with Gasteiger partial charge in [0.1, 0.15) is 28.6 Å². The van der Waals surface area contributed by atoms with Crippen molar-refractivity contribution in [3.8, 4) is 22.6 Å². The number of hydrogen-bond acceptors (Lipinski definition) is 10. The van der Waals surface area contributed by atoms with E-state index in [1.54, 1.807) is 43.3 Å². The lowest BCUT2D eigenvalue weighted by Gasteiger charge is -2.53. The maximum atomic E-state index is 14.1. The summed E-state index contributed by atoms with van der Waals surface area (Å²) < 4.78 is 5.18. The lowest BCUT2D eigenvalue weighted by molar-refractivity contribution is -0.169. The molecule has 2 aromatic carbocycles. The van der Waals surface area contributed by atoms with Crippen LogP contribution in [0.4, 0.5) is 0 Å². The van der Waals surface area contributed by atoms with E-state index < -0.39 is 75.6 Å². The molecule has 0 saturated heterocycles. The molecule has 1 fully saturated rings. The van der Waals surface area contributed by atoms with E-state index >= 15 is 0 Å². The first kappa shape index (κ1) is 27.4. The van der Waals surface area contributed by atoms with E-state index in [0.717, 1.165) is 0 Å². The summed E-state index contributed by atoms with van der Waals surface area (Å²) >= 11 is 0. The van der Waals surface area contributed by atoms with Crippen molar-refractivity contribution in [1.29, 1.82) is 0 Å². The largest absolute Gasteiger partial charge is 0.508 e. The van der Waals surface area contributed by atoms with Crippen molar-refractivity contribution in [1.82, 2.24) is 4.90 Å². The summed E-state index contributed by atoms with van der Waals surface area (Å²) in [5.74, 6) is -8.59. The fourth-order valence-electron chi connectivity index (χ4n) is 6.62. The third-order valence-electron chi connectivity index (χ3n) is 8.53. The Bertz CT molecular complexity index is 1520. The number of carbonyl (C=O) groups excluding carboxylic acids is 3.